The van der Waals surface area contributed by atoms with Crippen LogP contribution in [0.4, 0.5) is 5.69 Å². The van der Waals surface area contributed by atoms with Crippen molar-refractivity contribution in [3.8, 4) is 11.5 Å². The molecule has 0 fully saturated rings. The molecular formula is C19H21N5O5S. The molecule has 1 aliphatic heterocycles. The lowest BCUT2D eigenvalue weighted by Gasteiger charge is -2.19. The molecule has 1 amide bonds. The second kappa shape index (κ2) is 7.90. The van der Waals surface area contributed by atoms with Crippen LogP contribution in [0.15, 0.2) is 32.9 Å². The first-order valence-corrected chi connectivity index (χ1v) is 10.4. The van der Waals surface area contributed by atoms with E-state index in [1.807, 2.05) is 6.92 Å². The van der Waals surface area contributed by atoms with Crippen molar-refractivity contribution in [2.24, 2.45) is 14.1 Å². The molecule has 3 aromatic rings. The largest absolute Gasteiger partial charge is 0.486 e. The van der Waals surface area contributed by atoms with Gasteiger partial charge in [-0.3, -0.25) is 18.7 Å². The maximum Gasteiger partial charge on any atom is 0.332 e. The molecule has 158 valence electrons. The fourth-order valence-corrected chi connectivity index (χ4v) is 4.14. The van der Waals surface area contributed by atoms with Crippen LogP contribution < -0.4 is 26.0 Å². The number of benzene rings is 1. The van der Waals surface area contributed by atoms with Gasteiger partial charge in [0.15, 0.2) is 27.8 Å². The molecule has 0 spiro atoms. The average molecular weight is 431 g/mol. The lowest BCUT2D eigenvalue weighted by molar-refractivity contribution is -0.113. The Bertz CT molecular complexity index is 1260. The zero-order chi connectivity index (χ0) is 21.4. The van der Waals surface area contributed by atoms with E-state index < -0.39 is 11.2 Å². The number of thioether (sulfide) groups is 1. The second-order valence-electron chi connectivity index (χ2n) is 6.71. The molecule has 1 aromatic carbocycles. The first kappa shape index (κ1) is 20.1. The monoisotopic (exact) mass is 431 g/mol. The minimum Gasteiger partial charge on any atom is -0.486 e. The minimum absolute atomic E-state index is 0.0893. The average Bonchev–Trinajstić information content (AvgIpc) is 3.13. The Morgan fingerprint density at radius 1 is 1.17 bits per heavy atom. The van der Waals surface area contributed by atoms with Gasteiger partial charge in [-0.05, 0) is 19.1 Å². The van der Waals surface area contributed by atoms with Gasteiger partial charge >= 0.3 is 5.69 Å². The molecule has 0 saturated carbocycles. The van der Waals surface area contributed by atoms with Gasteiger partial charge in [0.05, 0.1) is 5.75 Å². The number of rotatable bonds is 5. The second-order valence-corrected chi connectivity index (χ2v) is 7.65. The molecule has 0 atom stereocenters. The molecule has 4 rings (SSSR count). The number of amides is 1. The normalized spacial score (nSPS) is 12.9. The molecule has 0 unspecified atom stereocenters. The Morgan fingerprint density at radius 2 is 1.90 bits per heavy atom. The van der Waals surface area contributed by atoms with Gasteiger partial charge in [0, 0.05) is 32.4 Å². The van der Waals surface area contributed by atoms with Crippen molar-refractivity contribution in [2.75, 3.05) is 24.3 Å². The Hall–Kier alpha value is -3.21. The van der Waals surface area contributed by atoms with Gasteiger partial charge in [0.25, 0.3) is 5.56 Å². The first-order chi connectivity index (χ1) is 14.4. The lowest BCUT2D eigenvalue weighted by atomic mass is 10.2. The topological polar surface area (TPSA) is 109 Å². The summed E-state index contributed by atoms with van der Waals surface area (Å²) >= 11 is 1.20. The van der Waals surface area contributed by atoms with Crippen LogP contribution in [-0.4, -0.2) is 43.6 Å². The fourth-order valence-electron chi connectivity index (χ4n) is 3.28. The van der Waals surface area contributed by atoms with E-state index in [1.54, 1.807) is 29.8 Å². The van der Waals surface area contributed by atoms with Crippen molar-refractivity contribution >= 4 is 34.5 Å². The number of aromatic nitrogens is 4. The number of nitrogens with one attached hydrogen (secondary N) is 1. The van der Waals surface area contributed by atoms with Crippen molar-refractivity contribution in [3.63, 3.8) is 0 Å². The van der Waals surface area contributed by atoms with Crippen molar-refractivity contribution < 1.29 is 14.3 Å². The number of hydrogen-bond acceptors (Lipinski definition) is 7. The van der Waals surface area contributed by atoms with E-state index in [0.29, 0.717) is 53.3 Å². The fraction of sp³-hybridized carbons (Fsp3) is 0.368. The molecule has 3 heterocycles. The van der Waals surface area contributed by atoms with Crippen LogP contribution in [0.1, 0.15) is 6.92 Å². The maximum atomic E-state index is 12.6. The summed E-state index contributed by atoms with van der Waals surface area (Å²) in [5.74, 6) is 1.10. The van der Waals surface area contributed by atoms with Crippen molar-refractivity contribution in [3.05, 3.63) is 39.0 Å². The van der Waals surface area contributed by atoms with E-state index in [0.717, 1.165) is 4.57 Å². The molecule has 10 nitrogen and oxygen atoms in total. The summed E-state index contributed by atoms with van der Waals surface area (Å²) < 4.78 is 15.1. The van der Waals surface area contributed by atoms with Crippen molar-refractivity contribution in [1.82, 2.24) is 18.7 Å². The molecule has 0 radical (unpaired) electrons. The van der Waals surface area contributed by atoms with E-state index in [1.165, 1.54) is 23.4 Å². The van der Waals surface area contributed by atoms with Gasteiger partial charge in [-0.2, -0.15) is 0 Å². The van der Waals surface area contributed by atoms with Crippen LogP contribution >= 0.6 is 11.8 Å². The van der Waals surface area contributed by atoms with Crippen LogP contribution in [0.2, 0.25) is 0 Å². The number of carbonyl (C=O) groups excluding carboxylic acids is 1. The Labute approximate surface area is 175 Å². The summed E-state index contributed by atoms with van der Waals surface area (Å²) in [6.45, 7) is 3.33. The standard InChI is InChI=1S/C19H21N5O5S/c1-4-24-15-16(22(2)19(27)23(3)17(15)26)21-18(24)30-10-14(25)20-11-5-6-12-13(9-11)29-8-7-28-12/h5-6,9H,4,7-8,10H2,1-3H3,(H,20,25). The smallest absolute Gasteiger partial charge is 0.332 e. The highest BCUT2D eigenvalue weighted by Crippen LogP contribution is 2.32. The van der Waals surface area contributed by atoms with Crippen LogP contribution in [0, 0.1) is 0 Å². The van der Waals surface area contributed by atoms with E-state index in [2.05, 4.69) is 10.3 Å². The number of nitrogens with zero attached hydrogens (tertiary/aromatic N) is 4. The summed E-state index contributed by atoms with van der Waals surface area (Å²) in [4.78, 5) is 41.6. The summed E-state index contributed by atoms with van der Waals surface area (Å²) in [5.41, 5.74) is 0.401. The quantitative estimate of drug-likeness (QED) is 0.599. The SMILES string of the molecule is CCn1c(SCC(=O)Nc2ccc3c(c2)OCCO3)nc2c1c(=O)n(C)c(=O)n2C. The molecule has 0 saturated heterocycles. The summed E-state index contributed by atoms with van der Waals surface area (Å²) in [6, 6.07) is 5.22. The molecule has 0 bridgehead atoms. The maximum absolute atomic E-state index is 12.6. The lowest BCUT2D eigenvalue weighted by Crippen LogP contribution is -2.37. The van der Waals surface area contributed by atoms with Crippen LogP contribution in [0.3, 0.4) is 0 Å². The summed E-state index contributed by atoms with van der Waals surface area (Å²) in [7, 11) is 3.00. The Morgan fingerprint density at radius 3 is 2.63 bits per heavy atom. The molecule has 11 heteroatoms. The Kier molecular flexibility index (Phi) is 5.29. The van der Waals surface area contributed by atoms with Crippen LogP contribution in [-0.2, 0) is 25.4 Å². The Balaban J connectivity index is 1.54. The highest BCUT2D eigenvalue weighted by Gasteiger charge is 2.19. The zero-order valence-corrected chi connectivity index (χ0v) is 17.6. The van der Waals surface area contributed by atoms with E-state index >= 15 is 0 Å². The number of ether oxygens (including phenoxy) is 2. The first-order valence-electron chi connectivity index (χ1n) is 9.39. The van der Waals surface area contributed by atoms with E-state index in [-0.39, 0.29) is 11.7 Å². The zero-order valence-electron chi connectivity index (χ0n) is 16.8. The van der Waals surface area contributed by atoms with Crippen LogP contribution in [0.25, 0.3) is 11.2 Å². The van der Waals surface area contributed by atoms with E-state index in [9.17, 15) is 14.4 Å². The van der Waals surface area contributed by atoms with Gasteiger partial charge in [-0.25, -0.2) is 9.78 Å². The molecule has 1 aliphatic rings. The van der Waals surface area contributed by atoms with Crippen LogP contribution in [0.5, 0.6) is 11.5 Å². The van der Waals surface area contributed by atoms with Gasteiger partial charge in [-0.1, -0.05) is 11.8 Å². The van der Waals surface area contributed by atoms with Crippen molar-refractivity contribution in [1.29, 1.82) is 0 Å². The van der Waals surface area contributed by atoms with Gasteiger partial charge in [0.2, 0.25) is 5.91 Å². The van der Waals surface area contributed by atoms with Crippen molar-refractivity contribution in [2.45, 2.75) is 18.6 Å². The summed E-state index contributed by atoms with van der Waals surface area (Å²) in [6.07, 6.45) is 0. The highest BCUT2D eigenvalue weighted by molar-refractivity contribution is 7.99. The molecule has 30 heavy (non-hydrogen) atoms. The molecular weight excluding hydrogens is 410 g/mol. The predicted molar refractivity (Wildman–Crippen MR) is 113 cm³/mol. The summed E-state index contributed by atoms with van der Waals surface area (Å²) in [5, 5.41) is 3.32. The molecule has 1 N–H and O–H groups in total. The predicted octanol–water partition coefficient (Wildman–Crippen LogP) is 0.956. The van der Waals surface area contributed by atoms with Gasteiger partial charge < -0.3 is 19.4 Å². The van der Waals surface area contributed by atoms with E-state index in [4.69, 9.17) is 9.47 Å². The number of aryl methyl sites for hydroxylation is 2. The number of fused-ring (bicyclic) bond motifs is 2. The third kappa shape index (κ3) is 3.45. The minimum atomic E-state index is -0.443. The third-order valence-corrected chi connectivity index (χ3v) is 5.76. The number of imidazole rings is 1. The number of hydrogen-bond donors (Lipinski definition) is 1. The van der Waals surface area contributed by atoms with Gasteiger partial charge in [-0.15, -0.1) is 0 Å². The molecule has 2 aromatic heterocycles. The number of carbonyl (C=O) groups is 1. The highest BCUT2D eigenvalue weighted by atomic mass is 32.2. The third-order valence-electron chi connectivity index (χ3n) is 4.79. The number of anilines is 1. The van der Waals surface area contributed by atoms with Gasteiger partial charge in [0.1, 0.15) is 13.2 Å². The molecule has 0 aliphatic carbocycles.